The Labute approximate surface area is 152 Å². The molecule has 1 amide bonds. The Bertz CT molecular complexity index is 845. The van der Waals surface area contributed by atoms with Crippen LogP contribution in [0.1, 0.15) is 56.5 Å². The summed E-state index contributed by atoms with van der Waals surface area (Å²) in [6.45, 7) is 11.2. The summed E-state index contributed by atoms with van der Waals surface area (Å²) in [6, 6.07) is 6.31. The van der Waals surface area contributed by atoms with Gasteiger partial charge in [-0.3, -0.25) is 4.79 Å². The molecule has 0 unspecified atom stereocenters. The second-order valence-corrected chi connectivity index (χ2v) is 8.20. The number of amides is 1. The van der Waals surface area contributed by atoms with Gasteiger partial charge in [-0.15, -0.1) is 0 Å². The van der Waals surface area contributed by atoms with Crippen molar-refractivity contribution < 1.29 is 13.6 Å². The number of aryl methyl sites for hydroxylation is 1. The van der Waals surface area contributed by atoms with E-state index < -0.39 is 11.8 Å². The number of fused-ring (bicyclic) bond motifs is 1. The highest BCUT2D eigenvalue weighted by molar-refractivity contribution is 5.94. The van der Waals surface area contributed by atoms with Gasteiger partial charge in [0.15, 0.2) is 0 Å². The predicted octanol–water partition coefficient (Wildman–Crippen LogP) is 4.82. The SMILES string of the molecule is Cc1nc2n(c1-c1ccc(C(F)(F)C(C)C)cc1)CN(C(C)(C)C)C2=O. The quantitative estimate of drug-likeness (QED) is 0.786. The molecule has 6 heteroatoms. The fourth-order valence-corrected chi connectivity index (χ4v) is 3.27. The number of benzene rings is 1. The number of carbonyl (C=O) groups is 1. The van der Waals surface area contributed by atoms with Crippen molar-refractivity contribution >= 4 is 5.91 Å². The van der Waals surface area contributed by atoms with Gasteiger partial charge in [0.05, 0.1) is 11.4 Å². The van der Waals surface area contributed by atoms with Gasteiger partial charge in [0, 0.05) is 22.6 Å². The Kier molecular flexibility index (Phi) is 4.20. The smallest absolute Gasteiger partial charge is 0.291 e. The van der Waals surface area contributed by atoms with E-state index in [2.05, 4.69) is 4.98 Å². The van der Waals surface area contributed by atoms with Crippen LogP contribution >= 0.6 is 0 Å². The normalized spacial score (nSPS) is 15.1. The maximum Gasteiger partial charge on any atom is 0.291 e. The summed E-state index contributed by atoms with van der Waals surface area (Å²) in [6.07, 6.45) is 0. The molecule has 1 aliphatic rings. The first-order valence-corrected chi connectivity index (χ1v) is 8.82. The maximum atomic E-state index is 14.2. The minimum Gasteiger partial charge on any atom is -0.313 e. The van der Waals surface area contributed by atoms with Crippen molar-refractivity contribution in [3.05, 3.63) is 41.3 Å². The zero-order valence-corrected chi connectivity index (χ0v) is 16.1. The highest BCUT2D eigenvalue weighted by Gasteiger charge is 2.39. The topological polar surface area (TPSA) is 38.1 Å². The van der Waals surface area contributed by atoms with Crippen molar-refractivity contribution in [2.45, 2.75) is 59.7 Å². The van der Waals surface area contributed by atoms with Crippen LogP contribution in [-0.4, -0.2) is 25.9 Å². The molecule has 0 saturated carbocycles. The molecule has 140 valence electrons. The molecular weight excluding hydrogens is 336 g/mol. The molecule has 0 aliphatic carbocycles. The lowest BCUT2D eigenvalue weighted by atomic mass is 9.96. The van der Waals surface area contributed by atoms with Crippen LogP contribution in [0.15, 0.2) is 24.3 Å². The van der Waals surface area contributed by atoms with E-state index in [1.165, 1.54) is 26.0 Å². The molecule has 3 rings (SSSR count). The first kappa shape index (κ1) is 18.5. The molecule has 0 fully saturated rings. The van der Waals surface area contributed by atoms with Crippen LogP contribution in [0, 0.1) is 12.8 Å². The molecular formula is C20H25F2N3O. The molecule has 26 heavy (non-hydrogen) atoms. The van der Waals surface area contributed by atoms with Gasteiger partial charge in [-0.25, -0.2) is 13.8 Å². The molecule has 2 heterocycles. The van der Waals surface area contributed by atoms with Crippen LogP contribution in [0.5, 0.6) is 0 Å². The summed E-state index contributed by atoms with van der Waals surface area (Å²) in [5.41, 5.74) is 2.01. The van der Waals surface area contributed by atoms with Crippen molar-refractivity contribution in [2.75, 3.05) is 0 Å². The van der Waals surface area contributed by atoms with Crippen LogP contribution in [-0.2, 0) is 12.6 Å². The summed E-state index contributed by atoms with van der Waals surface area (Å²) < 4.78 is 30.3. The number of imidazole rings is 1. The van der Waals surface area contributed by atoms with Crippen molar-refractivity contribution in [1.82, 2.24) is 14.5 Å². The van der Waals surface area contributed by atoms with Crippen molar-refractivity contribution in [1.29, 1.82) is 0 Å². The zero-order valence-electron chi connectivity index (χ0n) is 16.1. The van der Waals surface area contributed by atoms with E-state index in [-0.39, 0.29) is 17.0 Å². The minimum atomic E-state index is -2.87. The lowest BCUT2D eigenvalue weighted by molar-refractivity contribution is -0.0513. The van der Waals surface area contributed by atoms with E-state index in [0.717, 1.165) is 17.0 Å². The molecule has 0 spiro atoms. The number of halogens is 2. The second-order valence-electron chi connectivity index (χ2n) is 8.20. The van der Waals surface area contributed by atoms with Gasteiger partial charge in [-0.2, -0.15) is 0 Å². The third kappa shape index (κ3) is 2.81. The highest BCUT2D eigenvalue weighted by atomic mass is 19.3. The average Bonchev–Trinajstić information content (AvgIpc) is 3.02. The molecule has 2 aromatic rings. The first-order chi connectivity index (χ1) is 11.9. The fraction of sp³-hybridized carbons (Fsp3) is 0.500. The van der Waals surface area contributed by atoms with Crippen molar-refractivity contribution in [3.8, 4) is 11.3 Å². The summed E-state index contributed by atoms with van der Waals surface area (Å²) >= 11 is 0. The van der Waals surface area contributed by atoms with Gasteiger partial charge in [0.1, 0.15) is 6.67 Å². The number of rotatable bonds is 3. The minimum absolute atomic E-state index is 0.00228. The molecule has 0 bridgehead atoms. The van der Waals surface area contributed by atoms with Crippen LogP contribution < -0.4 is 0 Å². The third-order valence-electron chi connectivity index (χ3n) is 4.94. The molecule has 0 saturated heterocycles. The van der Waals surface area contributed by atoms with E-state index >= 15 is 0 Å². The van der Waals surface area contributed by atoms with E-state index in [9.17, 15) is 13.6 Å². The monoisotopic (exact) mass is 361 g/mol. The maximum absolute atomic E-state index is 14.2. The largest absolute Gasteiger partial charge is 0.313 e. The predicted molar refractivity (Wildman–Crippen MR) is 97.1 cm³/mol. The van der Waals surface area contributed by atoms with Crippen LogP contribution in [0.2, 0.25) is 0 Å². The van der Waals surface area contributed by atoms with E-state index in [4.69, 9.17) is 0 Å². The Morgan fingerprint density at radius 1 is 1.12 bits per heavy atom. The molecule has 1 aromatic heterocycles. The van der Waals surface area contributed by atoms with E-state index in [1.54, 1.807) is 17.0 Å². The Balaban J connectivity index is 2.01. The van der Waals surface area contributed by atoms with E-state index in [0.29, 0.717) is 12.5 Å². The summed E-state index contributed by atoms with van der Waals surface area (Å²) in [7, 11) is 0. The zero-order chi connectivity index (χ0) is 19.4. The van der Waals surface area contributed by atoms with Crippen LogP contribution in [0.3, 0.4) is 0 Å². The molecule has 0 atom stereocenters. The molecule has 0 N–H and O–H groups in total. The van der Waals surface area contributed by atoms with Crippen molar-refractivity contribution in [3.63, 3.8) is 0 Å². The fourth-order valence-electron chi connectivity index (χ4n) is 3.27. The van der Waals surface area contributed by atoms with Gasteiger partial charge in [-0.05, 0) is 27.7 Å². The number of hydrogen-bond acceptors (Lipinski definition) is 2. The Morgan fingerprint density at radius 2 is 1.69 bits per heavy atom. The van der Waals surface area contributed by atoms with E-state index in [1.807, 2.05) is 32.3 Å². The average molecular weight is 361 g/mol. The lowest BCUT2D eigenvalue weighted by Gasteiger charge is -2.31. The second kappa shape index (κ2) is 5.89. The number of hydrogen-bond donors (Lipinski definition) is 0. The number of nitrogens with zero attached hydrogens (tertiary/aromatic N) is 3. The van der Waals surface area contributed by atoms with Crippen LogP contribution in [0.25, 0.3) is 11.3 Å². The molecule has 1 aromatic carbocycles. The summed E-state index contributed by atoms with van der Waals surface area (Å²) in [5, 5.41) is 0. The lowest BCUT2D eigenvalue weighted by Crippen LogP contribution is -2.41. The van der Waals surface area contributed by atoms with Gasteiger partial charge in [-0.1, -0.05) is 38.1 Å². The number of carbonyl (C=O) groups excluding carboxylic acids is 1. The Morgan fingerprint density at radius 3 is 2.19 bits per heavy atom. The highest BCUT2D eigenvalue weighted by Crippen LogP contribution is 2.37. The molecule has 1 aliphatic heterocycles. The standard InChI is InChI=1S/C20H25F2N3O/c1-12(2)20(21,22)15-9-7-14(8-10-15)16-13(3)23-17-18(26)25(11-24(16)17)19(4,5)6/h7-10,12H,11H2,1-6H3. The number of aromatic nitrogens is 2. The van der Waals surface area contributed by atoms with Crippen LogP contribution in [0.4, 0.5) is 8.78 Å². The van der Waals surface area contributed by atoms with Gasteiger partial charge in [0.2, 0.25) is 5.82 Å². The van der Waals surface area contributed by atoms with Gasteiger partial charge < -0.3 is 9.47 Å². The summed E-state index contributed by atoms with van der Waals surface area (Å²) in [4.78, 5) is 18.8. The third-order valence-corrected chi connectivity index (χ3v) is 4.94. The molecule has 4 nitrogen and oxygen atoms in total. The molecule has 0 radical (unpaired) electrons. The summed E-state index contributed by atoms with van der Waals surface area (Å²) in [5.74, 6) is -3.34. The van der Waals surface area contributed by atoms with Gasteiger partial charge >= 0.3 is 0 Å². The van der Waals surface area contributed by atoms with Crippen molar-refractivity contribution in [2.24, 2.45) is 5.92 Å². The first-order valence-electron chi connectivity index (χ1n) is 8.82. The van der Waals surface area contributed by atoms with Gasteiger partial charge in [0.25, 0.3) is 11.8 Å². The number of alkyl halides is 2. The Hall–Kier alpha value is -2.24.